The van der Waals surface area contributed by atoms with Crippen LogP contribution in [0.1, 0.15) is 18.4 Å². The Bertz CT molecular complexity index is 1320. The number of nitrogens with one attached hydrogen (secondary N) is 1. The third-order valence-electron chi connectivity index (χ3n) is 6.54. The number of hydrogen-bond donors (Lipinski definition) is 1. The number of imide groups is 1. The van der Waals surface area contributed by atoms with E-state index in [0.29, 0.717) is 54.7 Å². The summed E-state index contributed by atoms with van der Waals surface area (Å²) in [5.74, 6) is 1.25. The lowest BCUT2D eigenvalue weighted by atomic mass is 10.1. The number of piperazine rings is 1. The first-order valence-corrected chi connectivity index (χ1v) is 11.7. The van der Waals surface area contributed by atoms with Crippen LogP contribution in [0.15, 0.2) is 36.2 Å². The number of carbonyl (C=O) groups is 2. The van der Waals surface area contributed by atoms with E-state index in [2.05, 4.69) is 25.2 Å². The number of fused-ring (bicyclic) bond motifs is 1. The highest BCUT2D eigenvalue weighted by Gasteiger charge is 2.29. The molecule has 0 spiro atoms. The largest absolute Gasteiger partial charge is 0.353 e. The number of anilines is 3. The highest BCUT2D eigenvalue weighted by atomic mass is 19.1. The van der Waals surface area contributed by atoms with Crippen molar-refractivity contribution in [3.05, 3.63) is 41.7 Å². The summed E-state index contributed by atoms with van der Waals surface area (Å²) < 4.78 is 15.6. The first kappa shape index (κ1) is 21.4. The lowest BCUT2D eigenvalue weighted by Crippen LogP contribution is -2.47. The molecular formula is C23H24FN9O2. The maximum atomic E-state index is 14.1. The summed E-state index contributed by atoms with van der Waals surface area (Å²) in [6.07, 6.45) is 4.56. The van der Waals surface area contributed by atoms with Crippen molar-refractivity contribution in [1.29, 1.82) is 0 Å². The normalized spacial score (nSPS) is 22.0. The molecule has 0 aliphatic carbocycles. The van der Waals surface area contributed by atoms with Gasteiger partial charge in [0.05, 0.1) is 19.2 Å². The molecule has 1 N–H and O–H groups in total. The minimum absolute atomic E-state index is 0.0199. The number of hydrogen-bond acceptors (Lipinski definition) is 9. The van der Waals surface area contributed by atoms with Gasteiger partial charge in [-0.2, -0.15) is 19.6 Å². The molecule has 6 rings (SSSR count). The summed E-state index contributed by atoms with van der Waals surface area (Å²) in [4.78, 5) is 43.9. The Morgan fingerprint density at radius 2 is 1.86 bits per heavy atom. The second-order valence-corrected chi connectivity index (χ2v) is 8.88. The van der Waals surface area contributed by atoms with Crippen LogP contribution in [0, 0.1) is 0 Å². The van der Waals surface area contributed by atoms with Crippen LogP contribution in [0.3, 0.4) is 0 Å². The van der Waals surface area contributed by atoms with E-state index in [9.17, 15) is 14.0 Å². The van der Waals surface area contributed by atoms with Crippen LogP contribution in [0.25, 0.3) is 11.7 Å². The van der Waals surface area contributed by atoms with Gasteiger partial charge in [-0.25, -0.2) is 9.37 Å². The van der Waals surface area contributed by atoms with E-state index in [1.165, 1.54) is 0 Å². The molecule has 3 saturated heterocycles. The standard InChI is InChI=1S/C23H24FN9O2/c24-17-4-6-32(14-17)23-29-22(31-9-7-30(8-10-31)18-3-1-2-5-25-18)28-20-16(13-26-33(20)23)11-15-12-19(34)27-21(15)35/h1-3,5,11,13,17H,4,6-10,12,14H2,(H,27,34,35). The minimum atomic E-state index is -0.921. The molecule has 3 aromatic heterocycles. The topological polar surface area (TPSA) is 112 Å². The molecule has 0 saturated carbocycles. The van der Waals surface area contributed by atoms with Crippen molar-refractivity contribution < 1.29 is 14.0 Å². The van der Waals surface area contributed by atoms with Gasteiger partial charge >= 0.3 is 0 Å². The van der Waals surface area contributed by atoms with E-state index >= 15 is 0 Å². The monoisotopic (exact) mass is 477 g/mol. The van der Waals surface area contributed by atoms with Gasteiger partial charge in [-0.3, -0.25) is 14.9 Å². The van der Waals surface area contributed by atoms with E-state index in [1.807, 2.05) is 23.1 Å². The fourth-order valence-electron chi connectivity index (χ4n) is 4.70. The lowest BCUT2D eigenvalue weighted by molar-refractivity contribution is -0.124. The fourth-order valence-corrected chi connectivity index (χ4v) is 4.70. The maximum Gasteiger partial charge on any atom is 0.254 e. The highest BCUT2D eigenvalue weighted by molar-refractivity contribution is 6.15. The van der Waals surface area contributed by atoms with Gasteiger partial charge in [0.15, 0.2) is 5.65 Å². The van der Waals surface area contributed by atoms with Crippen molar-refractivity contribution in [3.63, 3.8) is 0 Å². The van der Waals surface area contributed by atoms with Crippen LogP contribution in [0.4, 0.5) is 22.1 Å². The number of carbonyl (C=O) groups excluding carboxylic acids is 2. The number of amides is 2. The summed E-state index contributed by atoms with van der Waals surface area (Å²) >= 11 is 0. The van der Waals surface area contributed by atoms with Crippen molar-refractivity contribution in [3.8, 4) is 0 Å². The quantitative estimate of drug-likeness (QED) is 0.431. The summed E-state index contributed by atoms with van der Waals surface area (Å²) in [5.41, 5.74) is 1.48. The molecule has 0 bridgehead atoms. The van der Waals surface area contributed by atoms with Crippen LogP contribution in [-0.4, -0.2) is 81.8 Å². The third kappa shape index (κ3) is 4.04. The van der Waals surface area contributed by atoms with E-state index in [0.717, 1.165) is 18.9 Å². The Morgan fingerprint density at radius 3 is 2.54 bits per heavy atom. The van der Waals surface area contributed by atoms with E-state index in [1.54, 1.807) is 23.0 Å². The Labute approximate surface area is 200 Å². The first-order valence-electron chi connectivity index (χ1n) is 11.7. The minimum Gasteiger partial charge on any atom is -0.353 e. The zero-order valence-corrected chi connectivity index (χ0v) is 19.0. The van der Waals surface area contributed by atoms with Crippen LogP contribution in [-0.2, 0) is 9.59 Å². The molecule has 3 aliphatic heterocycles. The van der Waals surface area contributed by atoms with Crippen LogP contribution in [0.2, 0.25) is 0 Å². The smallest absolute Gasteiger partial charge is 0.254 e. The van der Waals surface area contributed by atoms with Crippen molar-refractivity contribution in [1.82, 2.24) is 29.9 Å². The second-order valence-electron chi connectivity index (χ2n) is 8.88. The third-order valence-corrected chi connectivity index (χ3v) is 6.54. The molecule has 3 aliphatic rings. The SMILES string of the molecule is O=C1CC(=Cc2cnn3c(N4CCC(F)C4)nc(N4CCN(c5ccccn5)CC4)nc23)C(=O)N1. The average Bonchev–Trinajstić information content (AvgIpc) is 3.58. The van der Waals surface area contributed by atoms with Gasteiger partial charge in [-0.1, -0.05) is 6.07 Å². The zero-order chi connectivity index (χ0) is 23.9. The maximum absolute atomic E-state index is 14.1. The Hall–Kier alpha value is -4.09. The number of rotatable bonds is 4. The second kappa shape index (κ2) is 8.60. The molecule has 2 amide bonds. The fraction of sp³-hybridized carbons (Fsp3) is 0.391. The molecule has 12 heteroatoms. The predicted octanol–water partition coefficient (Wildman–Crippen LogP) is 0.824. The number of nitrogens with zero attached hydrogens (tertiary/aromatic N) is 8. The molecule has 180 valence electrons. The van der Waals surface area contributed by atoms with Gasteiger partial charge < -0.3 is 14.7 Å². The predicted molar refractivity (Wildman–Crippen MR) is 127 cm³/mol. The lowest BCUT2D eigenvalue weighted by Gasteiger charge is -2.35. The molecule has 6 heterocycles. The zero-order valence-electron chi connectivity index (χ0n) is 19.0. The van der Waals surface area contributed by atoms with Gasteiger partial charge in [0.2, 0.25) is 17.8 Å². The molecular weight excluding hydrogens is 453 g/mol. The van der Waals surface area contributed by atoms with Crippen LogP contribution < -0.4 is 20.0 Å². The van der Waals surface area contributed by atoms with E-state index < -0.39 is 12.1 Å². The molecule has 11 nitrogen and oxygen atoms in total. The van der Waals surface area contributed by atoms with Crippen molar-refractivity contribution in [2.75, 3.05) is 54.0 Å². The van der Waals surface area contributed by atoms with Crippen molar-refractivity contribution in [2.45, 2.75) is 19.0 Å². The Kier molecular flexibility index (Phi) is 5.27. The molecule has 0 aromatic carbocycles. The van der Waals surface area contributed by atoms with E-state index in [4.69, 9.17) is 9.97 Å². The van der Waals surface area contributed by atoms with Gasteiger partial charge in [-0.15, -0.1) is 0 Å². The molecule has 1 atom stereocenters. The average molecular weight is 478 g/mol. The molecule has 0 radical (unpaired) electrons. The number of aromatic nitrogens is 5. The Morgan fingerprint density at radius 1 is 1.03 bits per heavy atom. The van der Waals surface area contributed by atoms with Crippen molar-refractivity contribution in [2.24, 2.45) is 0 Å². The van der Waals surface area contributed by atoms with Gasteiger partial charge in [0.1, 0.15) is 12.0 Å². The highest BCUT2D eigenvalue weighted by Crippen LogP contribution is 2.27. The molecule has 35 heavy (non-hydrogen) atoms. The van der Waals surface area contributed by atoms with E-state index in [-0.39, 0.29) is 18.9 Å². The Balaban J connectivity index is 1.35. The van der Waals surface area contributed by atoms with Crippen molar-refractivity contribution >= 4 is 41.3 Å². The van der Waals surface area contributed by atoms with Crippen LogP contribution in [0.5, 0.6) is 0 Å². The van der Waals surface area contributed by atoms with Crippen LogP contribution >= 0.6 is 0 Å². The van der Waals surface area contributed by atoms with Gasteiger partial charge in [0, 0.05) is 50.1 Å². The number of pyridine rings is 1. The summed E-state index contributed by atoms with van der Waals surface area (Å²) in [6.45, 7) is 3.68. The number of alkyl halides is 1. The summed E-state index contributed by atoms with van der Waals surface area (Å²) in [5, 5.41) is 6.74. The molecule has 1 unspecified atom stereocenters. The summed E-state index contributed by atoms with van der Waals surface area (Å²) in [7, 11) is 0. The molecule has 3 fully saturated rings. The van der Waals surface area contributed by atoms with Gasteiger partial charge in [-0.05, 0) is 24.6 Å². The number of halogens is 1. The molecule has 3 aromatic rings. The first-order chi connectivity index (χ1) is 17.0. The summed E-state index contributed by atoms with van der Waals surface area (Å²) in [6, 6.07) is 5.86. The van der Waals surface area contributed by atoms with Gasteiger partial charge in [0.25, 0.3) is 5.91 Å².